The Hall–Kier alpha value is -1.68. The zero-order valence-electron chi connectivity index (χ0n) is 11.7. The molecule has 1 aliphatic rings. The van der Waals surface area contributed by atoms with Gasteiger partial charge in [-0.1, -0.05) is 30.3 Å². The van der Waals surface area contributed by atoms with Crippen molar-refractivity contribution >= 4 is 12.3 Å². The van der Waals surface area contributed by atoms with Crippen LogP contribution in [0.25, 0.3) is 0 Å². The van der Waals surface area contributed by atoms with Crippen molar-refractivity contribution < 1.29 is 14.3 Å². The number of nitrogens with one attached hydrogen (secondary N) is 1. The molecule has 1 saturated heterocycles. The summed E-state index contributed by atoms with van der Waals surface area (Å²) in [5.74, 6) is 0.488. The fourth-order valence-corrected chi connectivity index (χ4v) is 1.46. The summed E-state index contributed by atoms with van der Waals surface area (Å²) in [7, 11) is 0. The van der Waals surface area contributed by atoms with Crippen LogP contribution in [-0.4, -0.2) is 30.9 Å². The van der Waals surface area contributed by atoms with Crippen molar-refractivity contribution in [1.82, 2.24) is 5.32 Å². The van der Waals surface area contributed by atoms with E-state index in [0.29, 0.717) is 6.47 Å². The van der Waals surface area contributed by atoms with Crippen molar-refractivity contribution in [3.05, 3.63) is 35.9 Å². The summed E-state index contributed by atoms with van der Waals surface area (Å²) in [4.78, 5) is 21.2. The summed E-state index contributed by atoms with van der Waals surface area (Å²) in [5, 5.41) is 3.09. The topological polar surface area (TPSA) is 55.4 Å². The smallest absolute Gasteiger partial charge is 0.293 e. The lowest BCUT2D eigenvalue weighted by atomic mass is 9.93. The predicted molar refractivity (Wildman–Crippen MR) is 74.0 cm³/mol. The SMILES string of the molecule is CC(C)(C)OC=O.O=C(c1ccccc1)C1CNC1. The molecule has 0 bridgehead atoms. The van der Waals surface area contributed by atoms with Crippen molar-refractivity contribution in [3.63, 3.8) is 0 Å². The second kappa shape index (κ2) is 7.04. The molecule has 1 aromatic carbocycles. The van der Waals surface area contributed by atoms with E-state index in [0.717, 1.165) is 18.7 Å². The van der Waals surface area contributed by atoms with E-state index in [-0.39, 0.29) is 17.3 Å². The Morgan fingerprint density at radius 2 is 1.84 bits per heavy atom. The van der Waals surface area contributed by atoms with E-state index >= 15 is 0 Å². The number of rotatable bonds is 3. The molecule has 0 saturated carbocycles. The van der Waals surface area contributed by atoms with E-state index in [9.17, 15) is 9.59 Å². The van der Waals surface area contributed by atoms with Crippen molar-refractivity contribution in [2.24, 2.45) is 5.92 Å². The highest BCUT2D eigenvalue weighted by Gasteiger charge is 2.25. The zero-order valence-corrected chi connectivity index (χ0v) is 11.7. The standard InChI is InChI=1S/C10H11NO.C5H10O2/c12-10(9-6-11-7-9)8-4-2-1-3-5-8;1-5(2,3)7-4-6/h1-5,9,11H,6-7H2;4H,1-3H3. The third-order valence-electron chi connectivity index (χ3n) is 2.61. The first-order chi connectivity index (χ1) is 8.94. The summed E-state index contributed by atoms with van der Waals surface area (Å²) >= 11 is 0. The number of Topliss-reactive ketones (excluding diaryl/α,β-unsaturated/α-hetero) is 1. The molecule has 1 aromatic rings. The van der Waals surface area contributed by atoms with Gasteiger partial charge in [0.15, 0.2) is 5.78 Å². The van der Waals surface area contributed by atoms with E-state index < -0.39 is 0 Å². The Kier molecular flexibility index (Phi) is 5.70. The number of benzene rings is 1. The quantitative estimate of drug-likeness (QED) is 0.670. The number of carbonyl (C=O) groups is 2. The molecule has 1 aliphatic heterocycles. The Morgan fingerprint density at radius 1 is 1.26 bits per heavy atom. The molecular weight excluding hydrogens is 242 g/mol. The van der Waals surface area contributed by atoms with Gasteiger partial charge in [0.05, 0.1) is 0 Å². The molecule has 0 unspecified atom stereocenters. The summed E-state index contributed by atoms with van der Waals surface area (Å²) in [6, 6.07) is 9.48. The molecule has 1 N–H and O–H groups in total. The lowest BCUT2D eigenvalue weighted by molar-refractivity contribution is -0.138. The van der Waals surface area contributed by atoms with Crippen LogP contribution in [0.3, 0.4) is 0 Å². The lowest BCUT2D eigenvalue weighted by Gasteiger charge is -2.25. The Bertz CT molecular complexity index is 405. The van der Waals surface area contributed by atoms with Gasteiger partial charge in [-0.25, -0.2) is 0 Å². The van der Waals surface area contributed by atoms with E-state index in [2.05, 4.69) is 10.1 Å². The first-order valence-electron chi connectivity index (χ1n) is 6.35. The van der Waals surface area contributed by atoms with Gasteiger partial charge in [0.2, 0.25) is 0 Å². The second-order valence-corrected chi connectivity index (χ2v) is 5.41. The van der Waals surface area contributed by atoms with E-state index in [4.69, 9.17) is 0 Å². The highest BCUT2D eigenvalue weighted by Crippen LogP contribution is 2.11. The lowest BCUT2D eigenvalue weighted by Crippen LogP contribution is -2.46. The minimum absolute atomic E-state index is 0.215. The van der Waals surface area contributed by atoms with Crippen molar-refractivity contribution in [2.75, 3.05) is 13.1 Å². The molecule has 4 heteroatoms. The number of hydrogen-bond donors (Lipinski definition) is 1. The van der Waals surface area contributed by atoms with E-state index in [1.807, 2.05) is 51.1 Å². The monoisotopic (exact) mass is 263 g/mol. The minimum atomic E-state index is -0.318. The number of ether oxygens (including phenoxy) is 1. The Balaban J connectivity index is 0.000000224. The van der Waals surface area contributed by atoms with Crippen LogP contribution in [0, 0.1) is 5.92 Å². The first-order valence-corrected chi connectivity index (χ1v) is 6.35. The maximum Gasteiger partial charge on any atom is 0.293 e. The fraction of sp³-hybridized carbons (Fsp3) is 0.467. The highest BCUT2D eigenvalue weighted by molar-refractivity contribution is 5.98. The van der Waals surface area contributed by atoms with Gasteiger partial charge >= 0.3 is 0 Å². The molecule has 0 radical (unpaired) electrons. The molecule has 1 fully saturated rings. The third-order valence-corrected chi connectivity index (χ3v) is 2.61. The van der Waals surface area contributed by atoms with Gasteiger partial charge in [-0.3, -0.25) is 9.59 Å². The summed E-state index contributed by atoms with van der Waals surface area (Å²) in [6.45, 7) is 7.60. The van der Waals surface area contributed by atoms with Crippen LogP contribution < -0.4 is 5.32 Å². The first kappa shape index (κ1) is 15.4. The van der Waals surface area contributed by atoms with Crippen molar-refractivity contribution in [3.8, 4) is 0 Å². The van der Waals surface area contributed by atoms with Gasteiger partial charge in [0.1, 0.15) is 5.60 Å². The molecule has 2 rings (SSSR count). The molecule has 0 aromatic heterocycles. The summed E-state index contributed by atoms with van der Waals surface area (Å²) < 4.78 is 4.55. The average molecular weight is 263 g/mol. The second-order valence-electron chi connectivity index (χ2n) is 5.41. The number of ketones is 1. The summed E-state index contributed by atoms with van der Waals surface area (Å²) in [5.41, 5.74) is 0.519. The molecular formula is C15H21NO3. The predicted octanol–water partition coefficient (Wildman–Crippen LogP) is 2.05. The molecule has 0 aliphatic carbocycles. The molecule has 0 spiro atoms. The molecule has 0 amide bonds. The number of hydrogen-bond acceptors (Lipinski definition) is 4. The molecule has 19 heavy (non-hydrogen) atoms. The Morgan fingerprint density at radius 3 is 2.16 bits per heavy atom. The molecule has 104 valence electrons. The summed E-state index contributed by atoms with van der Waals surface area (Å²) in [6.07, 6.45) is 0. The van der Waals surface area contributed by atoms with Crippen molar-refractivity contribution in [1.29, 1.82) is 0 Å². The van der Waals surface area contributed by atoms with Gasteiger partial charge in [0, 0.05) is 24.6 Å². The van der Waals surface area contributed by atoms with Crippen LogP contribution in [0.2, 0.25) is 0 Å². The molecule has 4 nitrogen and oxygen atoms in total. The van der Waals surface area contributed by atoms with E-state index in [1.54, 1.807) is 0 Å². The van der Waals surface area contributed by atoms with Gasteiger partial charge in [-0.2, -0.15) is 0 Å². The maximum absolute atomic E-state index is 11.6. The van der Waals surface area contributed by atoms with Crippen LogP contribution in [0.1, 0.15) is 31.1 Å². The molecule has 1 heterocycles. The third kappa shape index (κ3) is 5.66. The highest BCUT2D eigenvalue weighted by atomic mass is 16.5. The number of carbonyl (C=O) groups excluding carboxylic acids is 2. The van der Waals surface area contributed by atoms with E-state index in [1.165, 1.54) is 0 Å². The van der Waals surface area contributed by atoms with Crippen LogP contribution in [-0.2, 0) is 9.53 Å². The Labute approximate surface area is 114 Å². The fourth-order valence-electron chi connectivity index (χ4n) is 1.46. The van der Waals surface area contributed by atoms with Gasteiger partial charge in [0.25, 0.3) is 6.47 Å². The van der Waals surface area contributed by atoms with Crippen molar-refractivity contribution in [2.45, 2.75) is 26.4 Å². The van der Waals surface area contributed by atoms with Crippen LogP contribution in [0.5, 0.6) is 0 Å². The minimum Gasteiger partial charge on any atom is -0.462 e. The zero-order chi connectivity index (χ0) is 14.3. The normalized spacial score (nSPS) is 14.7. The van der Waals surface area contributed by atoms with Gasteiger partial charge in [-0.05, 0) is 20.8 Å². The maximum atomic E-state index is 11.6. The van der Waals surface area contributed by atoms with Crippen LogP contribution >= 0.6 is 0 Å². The van der Waals surface area contributed by atoms with Gasteiger partial charge < -0.3 is 10.1 Å². The average Bonchev–Trinajstić information content (AvgIpc) is 2.27. The molecule has 0 atom stereocenters. The van der Waals surface area contributed by atoms with Crippen LogP contribution in [0.15, 0.2) is 30.3 Å². The van der Waals surface area contributed by atoms with Gasteiger partial charge in [-0.15, -0.1) is 0 Å². The largest absolute Gasteiger partial charge is 0.462 e. The van der Waals surface area contributed by atoms with Crippen LogP contribution in [0.4, 0.5) is 0 Å².